The van der Waals surface area contributed by atoms with E-state index in [0.717, 1.165) is 11.8 Å². The standard InChI is InChI=1S/C11H25N/c1-6-8-12(5)9-11(4)10(3)7-2/h10-11H,6-9H2,1-5H3/t10-,11-/m0/s1. The summed E-state index contributed by atoms with van der Waals surface area (Å²) in [5.41, 5.74) is 0. The summed E-state index contributed by atoms with van der Waals surface area (Å²) in [6, 6.07) is 0. The maximum Gasteiger partial charge on any atom is 0.000651 e. The molecule has 0 bridgehead atoms. The summed E-state index contributed by atoms with van der Waals surface area (Å²) in [4.78, 5) is 2.44. The third-order valence-corrected chi connectivity index (χ3v) is 2.82. The highest BCUT2D eigenvalue weighted by Gasteiger charge is 2.11. The van der Waals surface area contributed by atoms with E-state index in [1.165, 1.54) is 25.9 Å². The van der Waals surface area contributed by atoms with Gasteiger partial charge in [-0.05, 0) is 31.8 Å². The Kier molecular flexibility index (Phi) is 6.45. The predicted octanol–water partition coefficient (Wildman–Crippen LogP) is 3.01. The van der Waals surface area contributed by atoms with Crippen LogP contribution in [-0.2, 0) is 0 Å². The number of hydrogen-bond donors (Lipinski definition) is 0. The zero-order valence-corrected chi connectivity index (χ0v) is 9.43. The second-order valence-electron chi connectivity index (χ2n) is 4.13. The smallest absolute Gasteiger partial charge is 0.000651 e. The SMILES string of the molecule is CCCN(C)C[C@H](C)[C@@H](C)CC. The highest BCUT2D eigenvalue weighted by atomic mass is 15.1. The first-order valence-corrected chi connectivity index (χ1v) is 5.30. The Morgan fingerprint density at radius 2 is 1.67 bits per heavy atom. The van der Waals surface area contributed by atoms with Gasteiger partial charge in [-0.3, -0.25) is 0 Å². The summed E-state index contributed by atoms with van der Waals surface area (Å²) >= 11 is 0. The summed E-state index contributed by atoms with van der Waals surface area (Å²) in [5, 5.41) is 0. The molecule has 0 aliphatic carbocycles. The minimum atomic E-state index is 0.839. The van der Waals surface area contributed by atoms with Crippen molar-refractivity contribution >= 4 is 0 Å². The Morgan fingerprint density at radius 3 is 2.08 bits per heavy atom. The van der Waals surface area contributed by atoms with E-state index in [0.29, 0.717) is 0 Å². The second-order valence-corrected chi connectivity index (χ2v) is 4.13. The van der Waals surface area contributed by atoms with Gasteiger partial charge in [-0.15, -0.1) is 0 Å². The minimum Gasteiger partial charge on any atom is -0.306 e. The Hall–Kier alpha value is -0.0400. The Balaban J connectivity index is 3.59. The molecule has 0 rings (SSSR count). The molecule has 0 aromatic carbocycles. The monoisotopic (exact) mass is 171 g/mol. The molecule has 0 spiro atoms. The van der Waals surface area contributed by atoms with E-state index in [1.54, 1.807) is 0 Å². The lowest BCUT2D eigenvalue weighted by Crippen LogP contribution is -2.28. The molecule has 12 heavy (non-hydrogen) atoms. The average molecular weight is 171 g/mol. The molecule has 0 aromatic rings. The summed E-state index contributed by atoms with van der Waals surface area (Å²) in [7, 11) is 2.22. The number of nitrogens with zero attached hydrogens (tertiary/aromatic N) is 1. The van der Waals surface area contributed by atoms with Crippen molar-refractivity contribution in [3.63, 3.8) is 0 Å². The second kappa shape index (κ2) is 6.47. The highest BCUT2D eigenvalue weighted by molar-refractivity contribution is 4.64. The van der Waals surface area contributed by atoms with Crippen LogP contribution in [0.3, 0.4) is 0 Å². The van der Waals surface area contributed by atoms with Gasteiger partial charge in [-0.2, -0.15) is 0 Å². The molecule has 0 radical (unpaired) electrons. The van der Waals surface area contributed by atoms with Crippen LogP contribution in [0.25, 0.3) is 0 Å². The quantitative estimate of drug-likeness (QED) is 0.594. The normalized spacial score (nSPS) is 16.5. The molecule has 0 saturated heterocycles. The summed E-state index contributed by atoms with van der Waals surface area (Å²) in [5.74, 6) is 1.70. The van der Waals surface area contributed by atoms with Crippen molar-refractivity contribution in [1.82, 2.24) is 4.90 Å². The van der Waals surface area contributed by atoms with Gasteiger partial charge in [-0.25, -0.2) is 0 Å². The first kappa shape index (κ1) is 12.0. The van der Waals surface area contributed by atoms with Gasteiger partial charge in [0.05, 0.1) is 0 Å². The van der Waals surface area contributed by atoms with Crippen molar-refractivity contribution in [2.75, 3.05) is 20.1 Å². The zero-order chi connectivity index (χ0) is 9.56. The molecule has 0 fully saturated rings. The van der Waals surface area contributed by atoms with E-state index >= 15 is 0 Å². The minimum absolute atomic E-state index is 0.839. The van der Waals surface area contributed by atoms with Crippen molar-refractivity contribution in [2.45, 2.75) is 40.5 Å². The highest BCUT2D eigenvalue weighted by Crippen LogP contribution is 2.15. The molecule has 0 heterocycles. The van der Waals surface area contributed by atoms with Crippen molar-refractivity contribution in [3.8, 4) is 0 Å². The molecule has 0 saturated carbocycles. The Bertz CT molecular complexity index is 101. The average Bonchev–Trinajstić information content (AvgIpc) is 2.03. The van der Waals surface area contributed by atoms with Crippen molar-refractivity contribution < 1.29 is 0 Å². The van der Waals surface area contributed by atoms with Crippen LogP contribution in [0.4, 0.5) is 0 Å². The topological polar surface area (TPSA) is 3.24 Å². The van der Waals surface area contributed by atoms with Gasteiger partial charge < -0.3 is 4.90 Å². The zero-order valence-electron chi connectivity index (χ0n) is 9.43. The first-order chi connectivity index (χ1) is 5.61. The molecule has 2 atom stereocenters. The van der Waals surface area contributed by atoms with Crippen LogP contribution in [0.1, 0.15) is 40.5 Å². The first-order valence-electron chi connectivity index (χ1n) is 5.30. The van der Waals surface area contributed by atoms with Gasteiger partial charge >= 0.3 is 0 Å². The van der Waals surface area contributed by atoms with Crippen molar-refractivity contribution in [1.29, 1.82) is 0 Å². The maximum atomic E-state index is 2.44. The lowest BCUT2D eigenvalue weighted by atomic mass is 9.93. The summed E-state index contributed by atoms with van der Waals surface area (Å²) in [6.07, 6.45) is 2.57. The van der Waals surface area contributed by atoms with Crippen LogP contribution in [0.5, 0.6) is 0 Å². The number of rotatable bonds is 6. The lowest BCUT2D eigenvalue weighted by molar-refractivity contribution is 0.238. The molecule has 0 unspecified atom stereocenters. The molecule has 1 heteroatoms. The van der Waals surface area contributed by atoms with Crippen molar-refractivity contribution in [2.24, 2.45) is 11.8 Å². The number of hydrogen-bond acceptors (Lipinski definition) is 1. The van der Waals surface area contributed by atoms with Crippen molar-refractivity contribution in [3.05, 3.63) is 0 Å². The fourth-order valence-corrected chi connectivity index (χ4v) is 1.55. The van der Waals surface area contributed by atoms with Gasteiger partial charge in [0.15, 0.2) is 0 Å². The summed E-state index contributed by atoms with van der Waals surface area (Å²) < 4.78 is 0. The van der Waals surface area contributed by atoms with E-state index in [1.807, 2.05) is 0 Å². The van der Waals surface area contributed by atoms with E-state index in [2.05, 4.69) is 39.6 Å². The molecule has 0 aliphatic heterocycles. The fraction of sp³-hybridized carbons (Fsp3) is 1.00. The van der Waals surface area contributed by atoms with Gasteiger partial charge in [0.2, 0.25) is 0 Å². The molecular formula is C11H25N. The third-order valence-electron chi connectivity index (χ3n) is 2.82. The van der Waals surface area contributed by atoms with Crippen LogP contribution in [0.15, 0.2) is 0 Å². The fourth-order valence-electron chi connectivity index (χ4n) is 1.55. The van der Waals surface area contributed by atoms with Crippen LogP contribution in [0, 0.1) is 11.8 Å². The molecule has 1 nitrogen and oxygen atoms in total. The van der Waals surface area contributed by atoms with Crippen LogP contribution < -0.4 is 0 Å². The Labute approximate surface area is 78.1 Å². The van der Waals surface area contributed by atoms with Crippen LogP contribution in [-0.4, -0.2) is 25.0 Å². The maximum absolute atomic E-state index is 2.44. The van der Waals surface area contributed by atoms with Crippen LogP contribution in [0.2, 0.25) is 0 Å². The van der Waals surface area contributed by atoms with E-state index in [9.17, 15) is 0 Å². The van der Waals surface area contributed by atoms with Gasteiger partial charge in [0.25, 0.3) is 0 Å². The van der Waals surface area contributed by atoms with Gasteiger partial charge in [-0.1, -0.05) is 34.1 Å². The Morgan fingerprint density at radius 1 is 1.08 bits per heavy atom. The van der Waals surface area contributed by atoms with E-state index in [-0.39, 0.29) is 0 Å². The lowest BCUT2D eigenvalue weighted by Gasteiger charge is -2.24. The van der Waals surface area contributed by atoms with Gasteiger partial charge in [0, 0.05) is 6.54 Å². The molecular weight excluding hydrogens is 146 g/mol. The predicted molar refractivity (Wildman–Crippen MR) is 56.4 cm³/mol. The molecule has 0 N–H and O–H groups in total. The molecule has 0 amide bonds. The molecule has 74 valence electrons. The third kappa shape index (κ3) is 4.76. The van der Waals surface area contributed by atoms with Gasteiger partial charge in [0.1, 0.15) is 0 Å². The van der Waals surface area contributed by atoms with E-state index < -0.39 is 0 Å². The summed E-state index contributed by atoms with van der Waals surface area (Å²) in [6.45, 7) is 11.7. The molecule has 0 aliphatic rings. The molecule has 0 aromatic heterocycles. The van der Waals surface area contributed by atoms with Crippen LogP contribution >= 0.6 is 0 Å². The van der Waals surface area contributed by atoms with E-state index in [4.69, 9.17) is 0 Å². The largest absolute Gasteiger partial charge is 0.306 e.